The topological polar surface area (TPSA) is 0 Å². The SMILES string of the molecule is Fc1cc(F)cc(-c2ccc([Si](c3ccccc3)(c3ccccc3)c3ccc(-c4ccccc4F)cc3)cc2)c1. The van der Waals surface area contributed by atoms with Crippen LogP contribution in [0, 0.1) is 17.5 Å². The van der Waals surface area contributed by atoms with Gasteiger partial charge in [0.1, 0.15) is 17.5 Å². The highest BCUT2D eigenvalue weighted by Gasteiger charge is 2.41. The molecule has 0 amide bonds. The highest BCUT2D eigenvalue weighted by molar-refractivity contribution is 7.19. The largest absolute Gasteiger partial charge is 0.207 e. The molecule has 0 aliphatic heterocycles. The van der Waals surface area contributed by atoms with E-state index >= 15 is 0 Å². The summed E-state index contributed by atoms with van der Waals surface area (Å²) in [6.45, 7) is 0. The standard InChI is InChI=1S/C36H25F3Si/c37-29-23-28(24-30(38)25-29)26-15-19-33(20-16-26)40(31-9-3-1-4-10-31,32-11-5-2-6-12-32)34-21-17-27(18-22-34)35-13-7-8-14-36(35)39/h1-25H. The average molecular weight is 543 g/mol. The molecule has 6 aromatic carbocycles. The molecule has 0 unspecified atom stereocenters. The highest BCUT2D eigenvalue weighted by Crippen LogP contribution is 2.24. The third-order valence-electron chi connectivity index (χ3n) is 7.43. The molecule has 0 saturated heterocycles. The summed E-state index contributed by atoms with van der Waals surface area (Å²) in [7, 11) is -2.83. The van der Waals surface area contributed by atoms with Crippen molar-refractivity contribution in [2.45, 2.75) is 0 Å². The molecule has 0 aliphatic rings. The Labute approximate surface area is 233 Å². The zero-order valence-corrected chi connectivity index (χ0v) is 22.6. The van der Waals surface area contributed by atoms with E-state index in [1.807, 2.05) is 42.5 Å². The molecule has 0 N–H and O–H groups in total. The zero-order valence-electron chi connectivity index (χ0n) is 21.6. The first-order chi connectivity index (χ1) is 19.6. The molecule has 6 rings (SSSR count). The van der Waals surface area contributed by atoms with Gasteiger partial charge in [0.2, 0.25) is 0 Å². The molecule has 0 atom stereocenters. The van der Waals surface area contributed by atoms with Crippen LogP contribution >= 0.6 is 0 Å². The van der Waals surface area contributed by atoms with Crippen molar-refractivity contribution in [2.75, 3.05) is 0 Å². The zero-order chi connectivity index (χ0) is 27.5. The molecule has 4 heteroatoms. The van der Waals surface area contributed by atoms with E-state index in [-0.39, 0.29) is 5.82 Å². The summed E-state index contributed by atoms with van der Waals surface area (Å²) in [5.74, 6) is -1.47. The monoisotopic (exact) mass is 542 g/mol. The second-order valence-electron chi connectivity index (χ2n) is 9.77. The predicted molar refractivity (Wildman–Crippen MR) is 161 cm³/mol. The van der Waals surface area contributed by atoms with Gasteiger partial charge in [0, 0.05) is 11.6 Å². The number of benzene rings is 6. The number of halogens is 3. The van der Waals surface area contributed by atoms with E-state index in [1.165, 1.54) is 28.6 Å². The molecule has 0 aromatic heterocycles. The van der Waals surface area contributed by atoms with Gasteiger partial charge >= 0.3 is 0 Å². The van der Waals surface area contributed by atoms with E-state index in [1.54, 1.807) is 12.1 Å². The second-order valence-corrected chi connectivity index (χ2v) is 13.6. The maximum Gasteiger partial charge on any atom is 0.179 e. The first-order valence-electron chi connectivity index (χ1n) is 13.1. The summed E-state index contributed by atoms with van der Waals surface area (Å²) < 4.78 is 42.5. The lowest BCUT2D eigenvalue weighted by Crippen LogP contribution is -2.74. The summed E-state index contributed by atoms with van der Waals surface area (Å²) >= 11 is 0. The van der Waals surface area contributed by atoms with E-state index in [2.05, 4.69) is 72.8 Å². The summed E-state index contributed by atoms with van der Waals surface area (Å²) in [5, 5.41) is 4.67. The van der Waals surface area contributed by atoms with E-state index in [4.69, 9.17) is 0 Å². The van der Waals surface area contributed by atoms with Crippen LogP contribution in [0.5, 0.6) is 0 Å². The van der Waals surface area contributed by atoms with Crippen molar-refractivity contribution in [2.24, 2.45) is 0 Å². The number of hydrogen-bond acceptors (Lipinski definition) is 0. The maximum atomic E-state index is 14.6. The van der Waals surface area contributed by atoms with Crippen molar-refractivity contribution in [1.82, 2.24) is 0 Å². The molecule has 0 aliphatic carbocycles. The summed E-state index contributed by atoms with van der Waals surface area (Å²) in [6, 6.07) is 47.5. The van der Waals surface area contributed by atoms with Crippen molar-refractivity contribution in [1.29, 1.82) is 0 Å². The minimum Gasteiger partial charge on any atom is -0.207 e. The van der Waals surface area contributed by atoms with E-state index < -0.39 is 19.7 Å². The Kier molecular flexibility index (Phi) is 6.93. The Balaban J connectivity index is 1.57. The quantitative estimate of drug-likeness (QED) is 0.160. The molecular formula is C36H25F3Si. The lowest BCUT2D eigenvalue weighted by molar-refractivity contribution is 0.584. The van der Waals surface area contributed by atoms with Crippen LogP contribution in [0.15, 0.2) is 152 Å². The van der Waals surface area contributed by atoms with Gasteiger partial charge < -0.3 is 0 Å². The number of rotatable bonds is 6. The van der Waals surface area contributed by atoms with Crippen LogP contribution < -0.4 is 20.7 Å². The van der Waals surface area contributed by atoms with Crippen LogP contribution in [0.3, 0.4) is 0 Å². The van der Waals surface area contributed by atoms with Gasteiger partial charge in [0.15, 0.2) is 8.07 Å². The first kappa shape index (κ1) is 25.6. The normalized spacial score (nSPS) is 11.4. The highest BCUT2D eigenvalue weighted by atomic mass is 28.3. The van der Waals surface area contributed by atoms with Gasteiger partial charge in [0.05, 0.1) is 0 Å². The minimum atomic E-state index is -2.83. The molecule has 0 heterocycles. The molecule has 0 saturated carbocycles. The van der Waals surface area contributed by atoms with Gasteiger partial charge in [-0.1, -0.05) is 127 Å². The van der Waals surface area contributed by atoms with Crippen LogP contribution in [0.2, 0.25) is 0 Å². The van der Waals surface area contributed by atoms with Crippen LogP contribution in [0.1, 0.15) is 0 Å². The third-order valence-corrected chi connectivity index (χ3v) is 12.2. The van der Waals surface area contributed by atoms with E-state index in [0.29, 0.717) is 11.1 Å². The van der Waals surface area contributed by atoms with E-state index in [9.17, 15) is 13.2 Å². The Morgan fingerprint density at radius 2 is 0.775 bits per heavy atom. The molecular weight excluding hydrogens is 517 g/mol. The van der Waals surface area contributed by atoms with Crippen molar-refractivity contribution in [3.63, 3.8) is 0 Å². The first-order valence-corrected chi connectivity index (χ1v) is 15.1. The third kappa shape index (κ3) is 4.67. The Bertz CT molecular complexity index is 1690. The number of hydrogen-bond donors (Lipinski definition) is 0. The molecule has 0 nitrogen and oxygen atoms in total. The van der Waals surface area contributed by atoms with Gasteiger partial charge in [-0.05, 0) is 55.6 Å². The van der Waals surface area contributed by atoms with Crippen LogP contribution in [-0.2, 0) is 0 Å². The fourth-order valence-electron chi connectivity index (χ4n) is 5.60. The minimum absolute atomic E-state index is 0.255. The van der Waals surface area contributed by atoms with Crippen LogP contribution in [0.25, 0.3) is 22.3 Å². The molecule has 0 fully saturated rings. The Hall–Kier alpha value is -4.67. The molecule has 0 bridgehead atoms. The summed E-state index contributed by atoms with van der Waals surface area (Å²) in [4.78, 5) is 0. The van der Waals surface area contributed by atoms with Gasteiger partial charge in [-0.15, -0.1) is 0 Å². The molecule has 40 heavy (non-hydrogen) atoms. The molecule has 194 valence electrons. The molecule has 0 spiro atoms. The van der Waals surface area contributed by atoms with Gasteiger partial charge in [0.25, 0.3) is 0 Å². The average Bonchev–Trinajstić information content (AvgIpc) is 2.99. The van der Waals surface area contributed by atoms with Crippen molar-refractivity contribution < 1.29 is 13.2 Å². The summed E-state index contributed by atoms with van der Waals surface area (Å²) in [6.07, 6.45) is 0. The smallest absolute Gasteiger partial charge is 0.179 e. The molecule has 6 aromatic rings. The van der Waals surface area contributed by atoms with Gasteiger partial charge in [-0.3, -0.25) is 0 Å². The fourth-order valence-corrected chi connectivity index (χ4v) is 10.3. The predicted octanol–water partition coefficient (Wildman–Crippen LogP) is 6.82. The maximum absolute atomic E-state index is 14.6. The fraction of sp³-hybridized carbons (Fsp3) is 0. The van der Waals surface area contributed by atoms with Crippen molar-refractivity contribution in [3.8, 4) is 22.3 Å². The van der Waals surface area contributed by atoms with Gasteiger partial charge in [-0.25, -0.2) is 13.2 Å². The lowest BCUT2D eigenvalue weighted by Gasteiger charge is -2.34. The van der Waals surface area contributed by atoms with Gasteiger partial charge in [-0.2, -0.15) is 0 Å². The second kappa shape index (κ2) is 10.8. The Morgan fingerprint density at radius 3 is 1.27 bits per heavy atom. The summed E-state index contributed by atoms with van der Waals surface area (Å²) in [5.41, 5.74) is 2.60. The lowest BCUT2D eigenvalue weighted by atomic mass is 10.1. The Morgan fingerprint density at radius 1 is 0.350 bits per heavy atom. The van der Waals surface area contributed by atoms with Crippen molar-refractivity contribution >= 4 is 28.8 Å². The van der Waals surface area contributed by atoms with Crippen LogP contribution in [0.4, 0.5) is 13.2 Å². The van der Waals surface area contributed by atoms with Crippen molar-refractivity contribution in [3.05, 3.63) is 169 Å². The molecule has 0 radical (unpaired) electrons. The van der Waals surface area contributed by atoms with Crippen LogP contribution in [-0.4, -0.2) is 8.07 Å². The van der Waals surface area contributed by atoms with E-state index in [0.717, 1.165) is 27.6 Å².